The lowest BCUT2D eigenvalue weighted by atomic mass is 10.1. The molecule has 0 unspecified atom stereocenters. The van der Waals surface area contributed by atoms with Crippen LogP contribution in [0.5, 0.6) is 0 Å². The Morgan fingerprint density at radius 1 is 0.615 bits per heavy atom. The van der Waals surface area contributed by atoms with Gasteiger partial charge in [0.15, 0.2) is 0 Å². The molecule has 0 atom stereocenters. The summed E-state index contributed by atoms with van der Waals surface area (Å²) in [5, 5.41) is 0. The van der Waals surface area contributed by atoms with Gasteiger partial charge < -0.3 is 16.5 Å². The topological polar surface area (TPSA) is 36.9 Å². The van der Waals surface area contributed by atoms with Gasteiger partial charge in [-0.25, -0.2) is 0 Å². The average molecular weight is 437 g/mol. The van der Waals surface area contributed by atoms with E-state index < -0.39 is 36.4 Å². The lowest BCUT2D eigenvalue weighted by molar-refractivity contribution is 0.272. The number of hydrogen-bond donors (Lipinski definition) is 0. The largest absolute Gasteiger partial charge is 0.420 e. The molecule has 0 spiro atoms. The molecule has 0 bridgehead atoms. The normalized spacial score (nSPS) is 23.7. The maximum atomic E-state index is 6.34. The molecule has 0 saturated carbocycles. The van der Waals surface area contributed by atoms with Gasteiger partial charge in [-0.1, -0.05) is 84.0 Å². The highest BCUT2D eigenvalue weighted by atomic mass is 28.5. The molecular formula is C18H44O4Si4. The van der Waals surface area contributed by atoms with Gasteiger partial charge in [-0.3, -0.25) is 0 Å². The summed E-state index contributed by atoms with van der Waals surface area (Å²) in [4.78, 5) is 0. The van der Waals surface area contributed by atoms with Crippen LogP contribution in [0, 0.1) is 0 Å². The van der Waals surface area contributed by atoms with Gasteiger partial charge in [0.25, 0.3) is 10.0 Å². The monoisotopic (exact) mass is 436 g/mol. The molecule has 1 rings (SSSR count). The van der Waals surface area contributed by atoms with E-state index in [1.54, 1.807) is 0 Å². The predicted molar refractivity (Wildman–Crippen MR) is 121 cm³/mol. The zero-order valence-corrected chi connectivity index (χ0v) is 22.7. The SMILES string of the molecule is CCCCCCCCCCCCCC[SiH]1O[Si](C)(C)O[SiH2]O[Si](C)(C)O1. The Bertz CT molecular complexity index is 338. The number of rotatable bonds is 13. The van der Waals surface area contributed by atoms with Crippen molar-refractivity contribution in [1.29, 1.82) is 0 Å². The van der Waals surface area contributed by atoms with E-state index in [1.165, 1.54) is 77.0 Å². The minimum Gasteiger partial charge on any atom is -0.420 e. The van der Waals surface area contributed by atoms with Crippen molar-refractivity contribution in [3.05, 3.63) is 0 Å². The van der Waals surface area contributed by atoms with Crippen molar-refractivity contribution in [2.75, 3.05) is 0 Å². The molecule has 1 heterocycles. The van der Waals surface area contributed by atoms with Crippen LogP contribution in [0.15, 0.2) is 0 Å². The smallest absolute Gasteiger partial charge is 0.313 e. The minimum atomic E-state index is -2.01. The van der Waals surface area contributed by atoms with Crippen molar-refractivity contribution >= 4 is 36.4 Å². The van der Waals surface area contributed by atoms with Crippen molar-refractivity contribution in [3.63, 3.8) is 0 Å². The van der Waals surface area contributed by atoms with Gasteiger partial charge in [-0.15, -0.1) is 0 Å². The highest BCUT2D eigenvalue weighted by molar-refractivity contribution is 6.82. The van der Waals surface area contributed by atoms with E-state index in [1.807, 2.05) is 0 Å². The summed E-state index contributed by atoms with van der Waals surface area (Å²) in [6.45, 7) is 10.8. The molecular weight excluding hydrogens is 393 g/mol. The Morgan fingerprint density at radius 3 is 1.42 bits per heavy atom. The summed E-state index contributed by atoms with van der Waals surface area (Å²) in [7, 11) is -6.58. The third-order valence-electron chi connectivity index (χ3n) is 4.94. The van der Waals surface area contributed by atoms with Crippen LogP contribution in [-0.2, 0) is 16.5 Å². The van der Waals surface area contributed by atoms with Crippen molar-refractivity contribution in [2.24, 2.45) is 0 Å². The Labute approximate surface area is 169 Å². The average Bonchev–Trinajstić information content (AvgIpc) is 2.53. The fraction of sp³-hybridized carbons (Fsp3) is 1.00. The van der Waals surface area contributed by atoms with E-state index in [0.29, 0.717) is 0 Å². The van der Waals surface area contributed by atoms with Gasteiger partial charge in [-0.05, 0) is 32.2 Å². The minimum absolute atomic E-state index is 0.928. The molecule has 0 aromatic heterocycles. The molecule has 4 nitrogen and oxygen atoms in total. The van der Waals surface area contributed by atoms with E-state index in [0.717, 1.165) is 6.04 Å². The van der Waals surface area contributed by atoms with Crippen LogP contribution in [0.3, 0.4) is 0 Å². The standard InChI is InChI=1S/C18H44O4Si4/c1-6-7-8-9-10-11-12-13-14-15-16-17-18-24-21-25(2,3)19-23-20-26(4,5)22-24/h24H,6-18,23H2,1-5H3. The van der Waals surface area contributed by atoms with E-state index >= 15 is 0 Å². The third-order valence-corrected chi connectivity index (χ3v) is 19.0. The van der Waals surface area contributed by atoms with Gasteiger partial charge in [0.2, 0.25) is 0 Å². The highest BCUT2D eigenvalue weighted by Crippen LogP contribution is 2.21. The summed E-state index contributed by atoms with van der Waals surface area (Å²) in [5.41, 5.74) is 0. The van der Waals surface area contributed by atoms with Crippen LogP contribution in [0.2, 0.25) is 32.2 Å². The first-order valence-corrected chi connectivity index (χ1v) is 19.5. The number of unbranched alkanes of at least 4 members (excludes halogenated alkanes) is 11. The summed E-state index contributed by atoms with van der Waals surface area (Å²) < 4.78 is 24.6. The summed E-state index contributed by atoms with van der Waals surface area (Å²) in [6, 6.07) is 1.11. The molecule has 8 heteroatoms. The maximum absolute atomic E-state index is 6.34. The maximum Gasteiger partial charge on any atom is 0.313 e. The van der Waals surface area contributed by atoms with Crippen molar-refractivity contribution < 1.29 is 16.5 Å². The second-order valence-electron chi connectivity index (χ2n) is 8.55. The Kier molecular flexibility index (Phi) is 13.1. The number of hydrogen-bond acceptors (Lipinski definition) is 4. The first kappa shape index (κ1) is 24.7. The van der Waals surface area contributed by atoms with Crippen LogP contribution in [0.4, 0.5) is 0 Å². The Hall–Kier alpha value is 0.708. The summed E-state index contributed by atoms with van der Waals surface area (Å²) in [5.74, 6) is 0. The fourth-order valence-electron chi connectivity index (χ4n) is 3.31. The lowest BCUT2D eigenvalue weighted by Gasteiger charge is -2.37. The summed E-state index contributed by atoms with van der Waals surface area (Å²) >= 11 is 0. The molecule has 0 N–H and O–H groups in total. The van der Waals surface area contributed by atoms with Crippen LogP contribution >= 0.6 is 0 Å². The van der Waals surface area contributed by atoms with Gasteiger partial charge in [0, 0.05) is 0 Å². The lowest BCUT2D eigenvalue weighted by Crippen LogP contribution is -2.53. The first-order chi connectivity index (χ1) is 12.3. The quantitative estimate of drug-likeness (QED) is 0.286. The van der Waals surface area contributed by atoms with Gasteiger partial charge in [0.05, 0.1) is 0 Å². The molecule has 0 amide bonds. The Morgan fingerprint density at radius 2 is 1.00 bits per heavy atom. The van der Waals surface area contributed by atoms with Crippen molar-refractivity contribution in [3.8, 4) is 0 Å². The molecule has 0 aromatic rings. The van der Waals surface area contributed by atoms with Crippen LogP contribution in [0.1, 0.15) is 84.0 Å². The molecule has 1 fully saturated rings. The molecule has 0 radical (unpaired) electrons. The molecule has 1 aliphatic heterocycles. The predicted octanol–water partition coefficient (Wildman–Crippen LogP) is 5.39. The van der Waals surface area contributed by atoms with Gasteiger partial charge in [-0.2, -0.15) is 0 Å². The zero-order chi connectivity index (χ0) is 19.3. The van der Waals surface area contributed by atoms with E-state index in [-0.39, 0.29) is 0 Å². The highest BCUT2D eigenvalue weighted by Gasteiger charge is 2.38. The summed E-state index contributed by atoms with van der Waals surface area (Å²) in [6.07, 6.45) is 16.6. The van der Waals surface area contributed by atoms with E-state index in [2.05, 4.69) is 33.1 Å². The molecule has 1 saturated heterocycles. The van der Waals surface area contributed by atoms with Crippen LogP contribution < -0.4 is 0 Å². The van der Waals surface area contributed by atoms with Crippen LogP contribution in [0.25, 0.3) is 0 Å². The van der Waals surface area contributed by atoms with Gasteiger partial charge in [0.1, 0.15) is 0 Å². The van der Waals surface area contributed by atoms with Crippen LogP contribution in [-0.4, -0.2) is 36.4 Å². The first-order valence-electron chi connectivity index (χ1n) is 11.0. The molecule has 0 aliphatic carbocycles. The molecule has 1 aliphatic rings. The second kappa shape index (κ2) is 13.8. The van der Waals surface area contributed by atoms with Crippen molar-refractivity contribution in [2.45, 2.75) is 116 Å². The molecule has 0 aromatic carbocycles. The second-order valence-corrected chi connectivity index (χ2v) is 20.0. The fourth-order valence-corrected chi connectivity index (χ4v) is 15.4. The van der Waals surface area contributed by atoms with Crippen molar-refractivity contribution in [1.82, 2.24) is 0 Å². The third kappa shape index (κ3) is 13.0. The van der Waals surface area contributed by atoms with E-state index in [9.17, 15) is 0 Å². The molecule has 156 valence electrons. The van der Waals surface area contributed by atoms with E-state index in [4.69, 9.17) is 16.5 Å². The zero-order valence-electron chi connectivity index (χ0n) is 18.1. The van der Waals surface area contributed by atoms with Gasteiger partial charge >= 0.3 is 26.4 Å². The molecule has 26 heavy (non-hydrogen) atoms. The Balaban J connectivity index is 2.04.